The highest BCUT2D eigenvalue weighted by molar-refractivity contribution is 6.25. The van der Waals surface area contributed by atoms with E-state index in [0.717, 1.165) is 23.8 Å². The Morgan fingerprint density at radius 2 is 1.14 bits per heavy atom. The predicted octanol–water partition coefficient (Wildman–Crippen LogP) is 10.1. The van der Waals surface area contributed by atoms with Crippen molar-refractivity contribution in [3.8, 4) is 34.5 Å². The Morgan fingerprint density at radius 1 is 0.548 bits per heavy atom. The summed E-state index contributed by atoms with van der Waals surface area (Å²) in [5.74, 6) is 1.08. The lowest BCUT2D eigenvalue weighted by atomic mass is 9.92. The number of aromatic nitrogens is 3. The first-order chi connectivity index (χ1) is 20.7. The molecule has 0 aliphatic heterocycles. The van der Waals surface area contributed by atoms with Gasteiger partial charge in [0.15, 0.2) is 11.6 Å². The van der Waals surface area contributed by atoms with Gasteiger partial charge < -0.3 is 9.84 Å². The molecule has 0 saturated carbocycles. The van der Waals surface area contributed by atoms with Crippen molar-refractivity contribution in [2.75, 3.05) is 6.61 Å². The lowest BCUT2D eigenvalue weighted by Crippen LogP contribution is -2.05. The average molecular weight is 558 g/mol. The highest BCUT2D eigenvalue weighted by atomic mass is 16.5. The number of rotatable bonds is 14. The molecule has 1 N–H and O–H groups in total. The first kappa shape index (κ1) is 27.9. The second kappa shape index (κ2) is 13.2. The van der Waals surface area contributed by atoms with Gasteiger partial charge in [0.1, 0.15) is 5.75 Å². The van der Waals surface area contributed by atoms with Gasteiger partial charge in [0.25, 0.3) is 0 Å². The zero-order valence-electron chi connectivity index (χ0n) is 24.5. The third-order valence-corrected chi connectivity index (χ3v) is 8.26. The van der Waals surface area contributed by atoms with Gasteiger partial charge in [-0.2, -0.15) is 9.97 Å². The number of benzene rings is 5. The number of nitrogens with zero attached hydrogens (tertiary/aromatic N) is 3. The van der Waals surface area contributed by atoms with Gasteiger partial charge in [-0.3, -0.25) is 0 Å². The minimum Gasteiger partial charge on any atom is -0.507 e. The number of unbranched alkanes of at least 4 members (excludes halogenated alkanes) is 9. The van der Waals surface area contributed by atoms with E-state index in [4.69, 9.17) is 14.7 Å². The zero-order valence-corrected chi connectivity index (χ0v) is 24.5. The molecule has 0 spiro atoms. The second-order valence-corrected chi connectivity index (χ2v) is 11.3. The second-order valence-electron chi connectivity index (χ2n) is 11.3. The van der Waals surface area contributed by atoms with Crippen molar-refractivity contribution < 1.29 is 9.84 Å². The first-order valence-corrected chi connectivity index (χ1v) is 15.6. The van der Waals surface area contributed by atoms with Crippen molar-refractivity contribution in [1.29, 1.82) is 0 Å². The molecule has 0 aliphatic rings. The van der Waals surface area contributed by atoms with E-state index in [9.17, 15) is 5.11 Å². The summed E-state index contributed by atoms with van der Waals surface area (Å²) in [7, 11) is 0. The lowest BCUT2D eigenvalue weighted by Gasteiger charge is -2.14. The van der Waals surface area contributed by atoms with E-state index in [0.29, 0.717) is 29.8 Å². The highest BCUT2D eigenvalue weighted by Crippen LogP contribution is 2.39. The van der Waals surface area contributed by atoms with Crippen LogP contribution in [0.3, 0.4) is 0 Å². The van der Waals surface area contributed by atoms with Gasteiger partial charge in [0.2, 0.25) is 0 Å². The van der Waals surface area contributed by atoms with Crippen molar-refractivity contribution >= 4 is 32.3 Å². The number of hydrogen-bond acceptors (Lipinski definition) is 5. The molecule has 214 valence electrons. The van der Waals surface area contributed by atoms with Crippen LogP contribution in [0.15, 0.2) is 78.9 Å². The zero-order chi connectivity index (χ0) is 28.7. The Balaban J connectivity index is 1.25. The largest absolute Gasteiger partial charge is 0.507 e. The number of hydrogen-bond donors (Lipinski definition) is 1. The summed E-state index contributed by atoms with van der Waals surface area (Å²) in [6.07, 6.45) is 12.7. The maximum atomic E-state index is 10.6. The standard InChI is InChI=1S/C37H39N3O2/c1-2-3-4-5-6-7-8-9-10-13-25-42-37-39-35(38-36(40-37)31-17-11-12-18-32(31)41)30-24-22-28-20-19-26-15-14-16-27-21-23-29(30)34(28)33(26)27/h11-12,14-24,41H,2-10,13,25H2,1H3. The highest BCUT2D eigenvalue weighted by Gasteiger charge is 2.18. The van der Waals surface area contributed by atoms with Gasteiger partial charge in [-0.1, -0.05) is 125 Å². The Labute approximate surface area is 248 Å². The van der Waals surface area contributed by atoms with E-state index in [1.807, 2.05) is 12.1 Å². The molecule has 0 unspecified atom stereocenters. The molecule has 6 aromatic rings. The van der Waals surface area contributed by atoms with Crippen LogP contribution in [-0.4, -0.2) is 26.7 Å². The molecule has 0 saturated heterocycles. The van der Waals surface area contributed by atoms with E-state index in [1.165, 1.54) is 78.3 Å². The number of para-hydroxylation sites is 1. The fourth-order valence-electron chi connectivity index (χ4n) is 6.01. The number of phenolic OH excluding ortho intramolecular Hbond substituents is 1. The molecule has 0 fully saturated rings. The van der Waals surface area contributed by atoms with E-state index < -0.39 is 0 Å². The van der Waals surface area contributed by atoms with E-state index >= 15 is 0 Å². The third kappa shape index (κ3) is 6.01. The molecule has 0 atom stereocenters. The van der Waals surface area contributed by atoms with Gasteiger partial charge in [-0.05, 0) is 56.9 Å². The molecule has 5 heteroatoms. The van der Waals surface area contributed by atoms with E-state index in [2.05, 4.69) is 66.5 Å². The Morgan fingerprint density at radius 3 is 1.86 bits per heavy atom. The van der Waals surface area contributed by atoms with Gasteiger partial charge in [0, 0.05) is 5.56 Å². The van der Waals surface area contributed by atoms with Crippen molar-refractivity contribution in [1.82, 2.24) is 15.0 Å². The minimum absolute atomic E-state index is 0.130. The molecule has 0 radical (unpaired) electrons. The maximum Gasteiger partial charge on any atom is 0.320 e. The van der Waals surface area contributed by atoms with Crippen LogP contribution in [-0.2, 0) is 0 Å². The SMILES string of the molecule is CCCCCCCCCCCCOc1nc(-c2ccccc2O)nc(-c2ccc3ccc4cccc5ccc2c3c45)n1. The van der Waals surface area contributed by atoms with Gasteiger partial charge >= 0.3 is 6.01 Å². The smallest absolute Gasteiger partial charge is 0.320 e. The van der Waals surface area contributed by atoms with Crippen LogP contribution >= 0.6 is 0 Å². The molecule has 0 amide bonds. The first-order valence-electron chi connectivity index (χ1n) is 15.6. The minimum atomic E-state index is 0.130. The van der Waals surface area contributed by atoms with Crippen LogP contribution in [0.2, 0.25) is 0 Å². The summed E-state index contributed by atoms with van der Waals surface area (Å²) >= 11 is 0. The molecule has 42 heavy (non-hydrogen) atoms. The lowest BCUT2D eigenvalue weighted by molar-refractivity contribution is 0.281. The van der Waals surface area contributed by atoms with Gasteiger partial charge in [-0.15, -0.1) is 0 Å². The average Bonchev–Trinajstić information content (AvgIpc) is 3.02. The molecule has 5 nitrogen and oxygen atoms in total. The summed E-state index contributed by atoms with van der Waals surface area (Å²) in [5, 5.41) is 17.8. The van der Waals surface area contributed by atoms with E-state index in [-0.39, 0.29) is 5.75 Å². The van der Waals surface area contributed by atoms with E-state index in [1.54, 1.807) is 12.1 Å². The normalized spacial score (nSPS) is 11.6. The van der Waals surface area contributed by atoms with Crippen LogP contribution < -0.4 is 4.74 Å². The number of ether oxygens (including phenoxy) is 1. The van der Waals surface area contributed by atoms with Crippen LogP contribution in [0.5, 0.6) is 11.8 Å². The van der Waals surface area contributed by atoms with Crippen LogP contribution in [0.4, 0.5) is 0 Å². The molecule has 0 bridgehead atoms. The fourth-order valence-corrected chi connectivity index (χ4v) is 6.01. The Bertz CT molecular complexity index is 1770. The molecule has 1 aromatic heterocycles. The fraction of sp³-hybridized carbons (Fsp3) is 0.324. The van der Waals surface area contributed by atoms with Crippen molar-refractivity contribution in [3.05, 3.63) is 78.9 Å². The monoisotopic (exact) mass is 557 g/mol. The number of phenols is 1. The Kier molecular flexibility index (Phi) is 8.74. The van der Waals surface area contributed by atoms with Crippen molar-refractivity contribution in [2.24, 2.45) is 0 Å². The van der Waals surface area contributed by atoms with Gasteiger partial charge in [-0.25, -0.2) is 4.98 Å². The summed E-state index contributed by atoms with van der Waals surface area (Å²) in [4.78, 5) is 14.3. The summed E-state index contributed by atoms with van der Waals surface area (Å²) < 4.78 is 6.12. The molecular formula is C37H39N3O2. The number of aromatic hydroxyl groups is 1. The van der Waals surface area contributed by atoms with Crippen molar-refractivity contribution in [2.45, 2.75) is 71.1 Å². The van der Waals surface area contributed by atoms with Gasteiger partial charge in [0.05, 0.1) is 12.2 Å². The molecular weight excluding hydrogens is 518 g/mol. The Hall–Kier alpha value is -4.25. The topological polar surface area (TPSA) is 68.1 Å². The van der Waals surface area contributed by atoms with Crippen LogP contribution in [0, 0.1) is 0 Å². The maximum absolute atomic E-state index is 10.6. The van der Waals surface area contributed by atoms with Crippen LogP contribution in [0.1, 0.15) is 71.1 Å². The third-order valence-electron chi connectivity index (χ3n) is 8.26. The van der Waals surface area contributed by atoms with Crippen LogP contribution in [0.25, 0.3) is 55.1 Å². The summed E-state index contributed by atoms with van der Waals surface area (Å²) in [6, 6.07) is 26.8. The summed E-state index contributed by atoms with van der Waals surface area (Å²) in [6.45, 7) is 2.82. The van der Waals surface area contributed by atoms with Crippen molar-refractivity contribution in [3.63, 3.8) is 0 Å². The quantitative estimate of drug-likeness (QED) is 0.107. The molecule has 6 rings (SSSR count). The molecule has 5 aromatic carbocycles. The predicted molar refractivity (Wildman–Crippen MR) is 173 cm³/mol. The molecule has 0 aliphatic carbocycles. The summed E-state index contributed by atoms with van der Waals surface area (Å²) in [5.41, 5.74) is 1.48. The molecule has 1 heterocycles.